The molecule has 0 nitrogen and oxygen atoms in total. The Balaban J connectivity index is 1.51. The lowest BCUT2D eigenvalue weighted by Gasteiger charge is -2.58. The monoisotopic (exact) mass is 422 g/mol. The van der Waals surface area contributed by atoms with Gasteiger partial charge in [0, 0.05) is 4.83 Å². The van der Waals surface area contributed by atoms with Crippen LogP contribution in [0.2, 0.25) is 0 Å². The van der Waals surface area contributed by atoms with Crippen molar-refractivity contribution in [2.75, 3.05) is 0 Å². The minimum atomic E-state index is 0.761. The van der Waals surface area contributed by atoms with Crippen LogP contribution in [0.1, 0.15) is 104 Å². The van der Waals surface area contributed by atoms with Gasteiger partial charge in [-0.1, -0.05) is 68.3 Å². The summed E-state index contributed by atoms with van der Waals surface area (Å²) < 4.78 is 0. The first-order valence-corrected chi connectivity index (χ1v) is 13.2. The average molecular weight is 424 g/mol. The van der Waals surface area contributed by atoms with Crippen molar-refractivity contribution in [3.63, 3.8) is 0 Å². The zero-order valence-corrected chi connectivity index (χ0v) is 19.1. The van der Waals surface area contributed by atoms with Crippen molar-refractivity contribution < 1.29 is 0 Å². The minimum absolute atomic E-state index is 0.761. The first kappa shape index (κ1) is 19.8. The maximum absolute atomic E-state index is 4.01. The minimum Gasteiger partial charge on any atom is -0.0891 e. The van der Waals surface area contributed by atoms with Crippen molar-refractivity contribution in [2.24, 2.45) is 47.3 Å². The number of fused-ring (bicyclic) bond motifs is 5. The first-order chi connectivity index (χ1) is 12.7. The molecule has 0 aromatic rings. The number of halogens is 1. The quantitative estimate of drug-likeness (QED) is 0.391. The third-order valence-electron chi connectivity index (χ3n) is 9.37. The maximum Gasteiger partial charge on any atom is 0.0148 e. The number of rotatable bonds is 5. The fourth-order valence-electron chi connectivity index (χ4n) is 8.40. The Morgan fingerprint density at radius 3 is 2.23 bits per heavy atom. The van der Waals surface area contributed by atoms with E-state index in [0.29, 0.717) is 0 Å². The van der Waals surface area contributed by atoms with Crippen LogP contribution in [0.4, 0.5) is 0 Å². The lowest BCUT2D eigenvalue weighted by Crippen LogP contribution is -2.50. The van der Waals surface area contributed by atoms with E-state index >= 15 is 0 Å². The molecule has 0 N–H and O–H groups in total. The van der Waals surface area contributed by atoms with Gasteiger partial charge in [0.15, 0.2) is 0 Å². The molecule has 1 heteroatoms. The molecule has 0 saturated heterocycles. The van der Waals surface area contributed by atoms with Gasteiger partial charge in [-0.25, -0.2) is 0 Å². The van der Waals surface area contributed by atoms with Gasteiger partial charge in [0.25, 0.3) is 0 Å². The third kappa shape index (κ3) is 3.95. The molecule has 0 spiro atoms. The zero-order valence-electron chi connectivity index (χ0n) is 17.5. The van der Waals surface area contributed by atoms with Gasteiger partial charge in [0.1, 0.15) is 0 Å². The molecular weight excluding hydrogens is 380 g/mol. The van der Waals surface area contributed by atoms with E-state index in [4.69, 9.17) is 0 Å². The third-order valence-corrected chi connectivity index (χ3v) is 10.2. The van der Waals surface area contributed by atoms with Crippen LogP contribution >= 0.6 is 15.9 Å². The van der Waals surface area contributed by atoms with Gasteiger partial charge in [0.2, 0.25) is 0 Å². The molecule has 0 aromatic heterocycles. The van der Waals surface area contributed by atoms with E-state index in [1.54, 1.807) is 57.8 Å². The smallest absolute Gasteiger partial charge is 0.0148 e. The van der Waals surface area contributed by atoms with Crippen molar-refractivity contribution in [2.45, 2.75) is 109 Å². The first-order valence-electron chi connectivity index (χ1n) is 12.3. The summed E-state index contributed by atoms with van der Waals surface area (Å²) in [5.41, 5.74) is 0. The van der Waals surface area contributed by atoms with Crippen molar-refractivity contribution in [3.8, 4) is 0 Å². The number of hydrogen-bond donors (Lipinski definition) is 0. The molecule has 0 heterocycles. The predicted octanol–water partition coefficient (Wildman–Crippen LogP) is 8.24. The summed E-state index contributed by atoms with van der Waals surface area (Å²) in [5, 5.41) is 0. The largest absolute Gasteiger partial charge is 0.0891 e. The molecule has 0 aliphatic heterocycles. The lowest BCUT2D eigenvalue weighted by atomic mass is 9.47. The molecule has 9 unspecified atom stereocenters. The Morgan fingerprint density at radius 1 is 0.808 bits per heavy atom. The van der Waals surface area contributed by atoms with Crippen molar-refractivity contribution >= 4 is 15.9 Å². The molecule has 0 bridgehead atoms. The molecule has 0 radical (unpaired) electrons. The second-order valence-electron chi connectivity index (χ2n) is 10.7. The number of alkyl halides is 1. The number of hydrogen-bond acceptors (Lipinski definition) is 0. The summed E-state index contributed by atoms with van der Waals surface area (Å²) >= 11 is 4.01. The standard InChI is InChI=1S/C25H43Br/c1-3-8-20(26)15-17(2)24-16-19-14-13-18-9-4-5-10-21(18)25(19)23-12-7-6-11-22(23)24/h17-25H,3-16H2,1-2H3. The molecular formula is C25H43Br. The highest BCUT2D eigenvalue weighted by Crippen LogP contribution is 2.60. The van der Waals surface area contributed by atoms with E-state index < -0.39 is 0 Å². The summed E-state index contributed by atoms with van der Waals surface area (Å²) in [7, 11) is 0. The van der Waals surface area contributed by atoms with E-state index in [0.717, 1.165) is 52.2 Å². The zero-order chi connectivity index (χ0) is 18.1. The van der Waals surface area contributed by atoms with Crippen molar-refractivity contribution in [3.05, 3.63) is 0 Å². The highest BCUT2D eigenvalue weighted by molar-refractivity contribution is 9.09. The van der Waals surface area contributed by atoms with Crippen LogP contribution in [0, 0.1) is 47.3 Å². The van der Waals surface area contributed by atoms with Gasteiger partial charge in [0.05, 0.1) is 0 Å². The summed E-state index contributed by atoms with van der Waals surface area (Å²) in [4.78, 5) is 0.761. The van der Waals surface area contributed by atoms with E-state index in [-0.39, 0.29) is 0 Å². The summed E-state index contributed by atoms with van der Waals surface area (Å²) in [6.07, 6.45) is 21.4. The Labute approximate surface area is 171 Å². The SMILES string of the molecule is CCCC(Br)CC(C)C1CC2CCC3CCCCC3C2C2CCCCC12. The summed E-state index contributed by atoms with van der Waals surface area (Å²) in [5.74, 6) is 8.66. The van der Waals surface area contributed by atoms with Crippen LogP contribution in [0.15, 0.2) is 0 Å². The Hall–Kier alpha value is 0.480. The fourth-order valence-corrected chi connectivity index (χ4v) is 9.45. The topological polar surface area (TPSA) is 0 Å². The van der Waals surface area contributed by atoms with Crippen LogP contribution in [-0.2, 0) is 0 Å². The Morgan fingerprint density at radius 2 is 1.46 bits per heavy atom. The fraction of sp³-hybridized carbons (Fsp3) is 1.00. The van der Waals surface area contributed by atoms with Gasteiger partial charge in [-0.3, -0.25) is 0 Å². The van der Waals surface area contributed by atoms with E-state index in [1.165, 1.54) is 32.1 Å². The molecule has 4 aliphatic carbocycles. The van der Waals surface area contributed by atoms with Crippen LogP contribution in [0.25, 0.3) is 0 Å². The van der Waals surface area contributed by atoms with Crippen LogP contribution < -0.4 is 0 Å². The molecule has 9 atom stereocenters. The van der Waals surface area contributed by atoms with Gasteiger partial charge >= 0.3 is 0 Å². The molecule has 0 amide bonds. The van der Waals surface area contributed by atoms with Gasteiger partial charge in [-0.2, -0.15) is 0 Å². The molecule has 0 aromatic carbocycles. The summed E-state index contributed by atoms with van der Waals surface area (Å²) in [6, 6.07) is 0. The molecule has 4 rings (SSSR count). The normalized spacial score (nSPS) is 45.1. The van der Waals surface area contributed by atoms with Gasteiger partial charge < -0.3 is 0 Å². The molecule has 4 saturated carbocycles. The Kier molecular flexibility index (Phi) is 6.75. The lowest BCUT2D eigenvalue weighted by molar-refractivity contribution is -0.0874. The van der Waals surface area contributed by atoms with Gasteiger partial charge in [-0.05, 0) is 98.7 Å². The molecule has 150 valence electrons. The van der Waals surface area contributed by atoms with Crippen molar-refractivity contribution in [1.29, 1.82) is 0 Å². The molecule has 4 fully saturated rings. The Bertz CT molecular complexity index is 445. The second-order valence-corrected chi connectivity index (χ2v) is 12.0. The highest BCUT2D eigenvalue weighted by Gasteiger charge is 2.52. The molecule has 4 aliphatic rings. The van der Waals surface area contributed by atoms with Crippen molar-refractivity contribution in [1.82, 2.24) is 0 Å². The highest BCUT2D eigenvalue weighted by atomic mass is 79.9. The van der Waals surface area contributed by atoms with E-state index in [2.05, 4.69) is 29.8 Å². The van der Waals surface area contributed by atoms with E-state index in [9.17, 15) is 0 Å². The molecule has 26 heavy (non-hydrogen) atoms. The van der Waals surface area contributed by atoms with Crippen LogP contribution in [0.5, 0.6) is 0 Å². The van der Waals surface area contributed by atoms with Gasteiger partial charge in [-0.15, -0.1) is 0 Å². The maximum atomic E-state index is 4.01. The average Bonchev–Trinajstić information content (AvgIpc) is 2.67. The van der Waals surface area contributed by atoms with E-state index in [1.807, 2.05) is 0 Å². The van der Waals surface area contributed by atoms with Crippen LogP contribution in [0.3, 0.4) is 0 Å². The summed E-state index contributed by atoms with van der Waals surface area (Å²) in [6.45, 7) is 4.96. The van der Waals surface area contributed by atoms with Crippen LogP contribution in [-0.4, -0.2) is 4.83 Å². The second kappa shape index (κ2) is 8.87. The predicted molar refractivity (Wildman–Crippen MR) is 117 cm³/mol.